The molecule has 0 atom stereocenters. The van der Waals surface area contributed by atoms with Gasteiger partial charge in [0.15, 0.2) is 0 Å². The van der Waals surface area contributed by atoms with E-state index in [0.29, 0.717) is 18.7 Å². The highest BCUT2D eigenvalue weighted by atomic mass is 32.2. The number of urea groups is 1. The monoisotopic (exact) mass is 427 g/mol. The lowest BCUT2D eigenvalue weighted by molar-refractivity contribution is 0.252. The number of hydrogen-bond donors (Lipinski definition) is 2. The molecule has 2 N–H and O–H groups in total. The minimum Gasteiger partial charge on any atom is -0.338 e. The summed E-state index contributed by atoms with van der Waals surface area (Å²) >= 11 is 0. The van der Waals surface area contributed by atoms with Gasteiger partial charge in [0.1, 0.15) is 5.82 Å². The number of nitrogens with one attached hydrogen (secondary N) is 2. The third-order valence-corrected chi connectivity index (χ3v) is 6.44. The van der Waals surface area contributed by atoms with Crippen molar-refractivity contribution in [1.29, 1.82) is 0 Å². The first-order chi connectivity index (χ1) is 14.4. The van der Waals surface area contributed by atoms with Gasteiger partial charge < -0.3 is 15.2 Å². The Hall–Kier alpha value is -3.17. The molecule has 9 heteroatoms. The Balaban J connectivity index is 1.54. The summed E-state index contributed by atoms with van der Waals surface area (Å²) in [7, 11) is -0.187. The van der Waals surface area contributed by atoms with E-state index in [1.54, 1.807) is 25.4 Å². The van der Waals surface area contributed by atoms with Crippen LogP contribution in [0.4, 0.5) is 10.5 Å². The second-order valence-corrected chi connectivity index (χ2v) is 8.90. The van der Waals surface area contributed by atoms with Crippen molar-refractivity contribution >= 4 is 21.7 Å². The lowest BCUT2D eigenvalue weighted by atomic mass is 10.2. The second-order valence-electron chi connectivity index (χ2n) is 6.86. The fourth-order valence-corrected chi connectivity index (χ4v) is 4.08. The summed E-state index contributed by atoms with van der Waals surface area (Å²) < 4.78 is 28.7. The number of aryl methyl sites for hydroxylation is 1. The predicted octanol–water partition coefficient (Wildman–Crippen LogP) is 2.61. The van der Waals surface area contributed by atoms with Gasteiger partial charge in [0.2, 0.25) is 10.0 Å². The van der Waals surface area contributed by atoms with E-state index >= 15 is 0 Å². The second kappa shape index (κ2) is 9.55. The summed E-state index contributed by atoms with van der Waals surface area (Å²) in [4.78, 5) is 16.4. The van der Waals surface area contributed by atoms with E-state index in [1.165, 1.54) is 16.4 Å². The summed E-state index contributed by atoms with van der Waals surface area (Å²) in [6, 6.07) is 15.1. The highest BCUT2D eigenvalue weighted by Gasteiger charge is 2.20. The number of rotatable bonds is 8. The van der Waals surface area contributed by atoms with E-state index in [4.69, 9.17) is 0 Å². The lowest BCUT2D eigenvalue weighted by Crippen LogP contribution is -2.31. The molecule has 158 valence electrons. The number of nitrogens with zero attached hydrogens (tertiary/aromatic N) is 3. The van der Waals surface area contributed by atoms with E-state index in [2.05, 4.69) is 15.6 Å². The van der Waals surface area contributed by atoms with Gasteiger partial charge >= 0.3 is 6.03 Å². The first-order valence-corrected chi connectivity index (χ1v) is 10.9. The number of carbonyl (C=O) groups is 1. The standard InChI is InChI=1S/C21H25N5O3S/c1-25-15-14-22-20(25)12-13-23-21(27)24-18-8-10-19(11-9-18)30(28,29)26(2)16-17-6-4-3-5-7-17/h3-11,14-15H,12-13,16H2,1-2H3,(H2,23,24,27). The minimum absolute atomic E-state index is 0.168. The van der Waals surface area contributed by atoms with Gasteiger partial charge in [-0.1, -0.05) is 30.3 Å². The van der Waals surface area contributed by atoms with Gasteiger partial charge in [0.25, 0.3) is 0 Å². The molecule has 30 heavy (non-hydrogen) atoms. The molecular formula is C21H25N5O3S. The zero-order valence-corrected chi connectivity index (χ0v) is 17.8. The Morgan fingerprint density at radius 1 is 1.10 bits per heavy atom. The van der Waals surface area contributed by atoms with Gasteiger partial charge in [-0.3, -0.25) is 0 Å². The van der Waals surface area contributed by atoms with Crippen LogP contribution < -0.4 is 10.6 Å². The van der Waals surface area contributed by atoms with Crippen molar-refractivity contribution in [3.63, 3.8) is 0 Å². The number of sulfonamides is 1. The van der Waals surface area contributed by atoms with Crippen LogP contribution in [0.3, 0.4) is 0 Å². The fraction of sp³-hybridized carbons (Fsp3) is 0.238. The zero-order chi connectivity index (χ0) is 21.6. The van der Waals surface area contributed by atoms with Crippen LogP contribution >= 0.6 is 0 Å². The lowest BCUT2D eigenvalue weighted by Gasteiger charge is -2.17. The quantitative estimate of drug-likeness (QED) is 0.578. The number of anilines is 1. The van der Waals surface area contributed by atoms with Crippen molar-refractivity contribution in [1.82, 2.24) is 19.2 Å². The van der Waals surface area contributed by atoms with Gasteiger partial charge in [-0.15, -0.1) is 0 Å². The molecule has 0 radical (unpaired) electrons. The van der Waals surface area contributed by atoms with Crippen molar-refractivity contribution in [3.05, 3.63) is 78.4 Å². The van der Waals surface area contributed by atoms with Crippen LogP contribution in [-0.2, 0) is 30.0 Å². The maximum Gasteiger partial charge on any atom is 0.319 e. The number of benzene rings is 2. The van der Waals surface area contributed by atoms with Crippen LogP contribution in [-0.4, -0.2) is 41.9 Å². The Bertz CT molecular complexity index is 1080. The van der Waals surface area contributed by atoms with E-state index in [1.807, 2.05) is 48.1 Å². The maximum atomic E-state index is 12.8. The SMILES string of the molecule is CN(Cc1ccccc1)S(=O)(=O)c1ccc(NC(=O)NCCc2nccn2C)cc1. The Morgan fingerprint density at radius 2 is 1.80 bits per heavy atom. The smallest absolute Gasteiger partial charge is 0.319 e. The maximum absolute atomic E-state index is 12.8. The molecule has 2 amide bonds. The molecule has 0 unspecified atom stereocenters. The third-order valence-electron chi connectivity index (χ3n) is 4.62. The largest absolute Gasteiger partial charge is 0.338 e. The van der Waals surface area contributed by atoms with Gasteiger partial charge in [-0.05, 0) is 29.8 Å². The summed E-state index contributed by atoms with van der Waals surface area (Å²) in [6.45, 7) is 0.717. The van der Waals surface area contributed by atoms with Crippen LogP contribution in [0, 0.1) is 0 Å². The van der Waals surface area contributed by atoms with E-state index < -0.39 is 10.0 Å². The number of amides is 2. The summed E-state index contributed by atoms with van der Waals surface area (Å²) in [6.07, 6.45) is 4.17. The first kappa shape index (κ1) is 21.5. The molecular weight excluding hydrogens is 402 g/mol. The molecule has 0 aliphatic heterocycles. The number of imidazole rings is 1. The summed E-state index contributed by atoms with van der Waals surface area (Å²) in [5, 5.41) is 5.46. The molecule has 0 spiro atoms. The van der Waals surface area contributed by atoms with Crippen molar-refractivity contribution in [2.45, 2.75) is 17.9 Å². The topological polar surface area (TPSA) is 96.3 Å². The average Bonchev–Trinajstić information content (AvgIpc) is 3.14. The van der Waals surface area contributed by atoms with Gasteiger partial charge in [-0.25, -0.2) is 18.2 Å². The van der Waals surface area contributed by atoms with Crippen LogP contribution in [0.25, 0.3) is 0 Å². The Labute approximate surface area is 176 Å². The number of aromatic nitrogens is 2. The molecule has 1 heterocycles. The summed E-state index contributed by atoms with van der Waals surface area (Å²) in [5.74, 6) is 0.879. The molecule has 3 rings (SSSR count). The van der Waals surface area contributed by atoms with E-state index in [9.17, 15) is 13.2 Å². The Morgan fingerprint density at radius 3 is 2.43 bits per heavy atom. The predicted molar refractivity (Wildman–Crippen MR) is 115 cm³/mol. The molecule has 2 aromatic carbocycles. The van der Waals surface area contributed by atoms with Gasteiger partial charge in [0, 0.05) is 51.7 Å². The molecule has 8 nitrogen and oxygen atoms in total. The Kier molecular flexibility index (Phi) is 6.86. The van der Waals surface area contributed by atoms with Gasteiger partial charge in [0.05, 0.1) is 4.90 Å². The van der Waals surface area contributed by atoms with Crippen LogP contribution in [0.1, 0.15) is 11.4 Å². The van der Waals surface area contributed by atoms with Crippen LogP contribution in [0.5, 0.6) is 0 Å². The molecule has 0 bridgehead atoms. The molecule has 0 saturated heterocycles. The van der Waals surface area contributed by atoms with Crippen LogP contribution in [0.15, 0.2) is 71.9 Å². The van der Waals surface area contributed by atoms with Gasteiger partial charge in [-0.2, -0.15) is 4.31 Å². The number of carbonyl (C=O) groups excluding carboxylic acids is 1. The molecule has 0 fully saturated rings. The molecule has 0 saturated carbocycles. The number of hydrogen-bond acceptors (Lipinski definition) is 4. The summed E-state index contributed by atoms with van der Waals surface area (Å²) in [5.41, 5.74) is 1.42. The highest BCUT2D eigenvalue weighted by Crippen LogP contribution is 2.19. The first-order valence-electron chi connectivity index (χ1n) is 9.47. The molecule has 0 aliphatic carbocycles. The van der Waals surface area contributed by atoms with Crippen molar-refractivity contribution < 1.29 is 13.2 Å². The third kappa shape index (κ3) is 5.46. The van der Waals surface area contributed by atoms with Crippen LogP contribution in [0.2, 0.25) is 0 Å². The van der Waals surface area contributed by atoms with E-state index in [0.717, 1.165) is 11.4 Å². The molecule has 1 aromatic heterocycles. The van der Waals surface area contributed by atoms with Crippen molar-refractivity contribution in [2.75, 3.05) is 18.9 Å². The normalized spacial score (nSPS) is 11.4. The van der Waals surface area contributed by atoms with Crippen molar-refractivity contribution in [3.8, 4) is 0 Å². The van der Waals surface area contributed by atoms with E-state index in [-0.39, 0.29) is 17.5 Å². The minimum atomic E-state index is -3.63. The fourth-order valence-electron chi connectivity index (χ4n) is 2.92. The van der Waals surface area contributed by atoms with Crippen molar-refractivity contribution in [2.24, 2.45) is 7.05 Å². The zero-order valence-electron chi connectivity index (χ0n) is 16.9. The average molecular weight is 428 g/mol. The molecule has 3 aromatic rings. The molecule has 0 aliphatic rings. The highest BCUT2D eigenvalue weighted by molar-refractivity contribution is 7.89.